The standard InChI is InChI=1S/C13H17F2NOS/c1-2-6-18-7-5-16-9-13(17)11-8-10(14)3-4-12(11)15/h2-4,8,13,16-17H,1,5-7,9H2. The predicted molar refractivity (Wildman–Crippen MR) is 71.7 cm³/mol. The Hall–Kier alpha value is -0.910. The highest BCUT2D eigenvalue weighted by molar-refractivity contribution is 7.99. The smallest absolute Gasteiger partial charge is 0.129 e. The SMILES string of the molecule is C=CCSCCNCC(O)c1cc(F)ccc1F. The van der Waals surface area contributed by atoms with E-state index in [2.05, 4.69) is 11.9 Å². The molecule has 1 rings (SSSR count). The average Bonchev–Trinajstić information content (AvgIpc) is 2.36. The third kappa shape index (κ3) is 5.16. The third-order valence-corrected chi connectivity index (χ3v) is 3.28. The van der Waals surface area contributed by atoms with E-state index < -0.39 is 17.7 Å². The summed E-state index contributed by atoms with van der Waals surface area (Å²) in [5.74, 6) is 0.617. The molecular weight excluding hydrogens is 256 g/mol. The number of thioether (sulfide) groups is 1. The summed E-state index contributed by atoms with van der Waals surface area (Å²) in [6.45, 7) is 4.51. The maximum atomic E-state index is 13.3. The maximum absolute atomic E-state index is 13.3. The van der Waals surface area contributed by atoms with Crippen molar-refractivity contribution >= 4 is 11.8 Å². The number of halogens is 2. The highest BCUT2D eigenvalue weighted by Gasteiger charge is 2.13. The molecule has 0 radical (unpaired) electrons. The number of nitrogens with one attached hydrogen (secondary N) is 1. The molecule has 0 amide bonds. The Morgan fingerprint density at radius 2 is 2.22 bits per heavy atom. The van der Waals surface area contributed by atoms with Gasteiger partial charge in [0.05, 0.1) is 6.10 Å². The van der Waals surface area contributed by atoms with Crippen LogP contribution < -0.4 is 5.32 Å². The van der Waals surface area contributed by atoms with E-state index in [4.69, 9.17) is 0 Å². The summed E-state index contributed by atoms with van der Waals surface area (Å²) >= 11 is 1.71. The molecule has 0 saturated heterocycles. The minimum Gasteiger partial charge on any atom is -0.387 e. The molecule has 0 aliphatic carbocycles. The zero-order valence-electron chi connectivity index (χ0n) is 10.0. The Kier molecular flexibility index (Phi) is 6.93. The molecule has 5 heteroatoms. The van der Waals surface area contributed by atoms with Gasteiger partial charge >= 0.3 is 0 Å². The van der Waals surface area contributed by atoms with Crippen molar-refractivity contribution in [3.8, 4) is 0 Å². The zero-order chi connectivity index (χ0) is 13.4. The second-order valence-electron chi connectivity index (χ2n) is 3.75. The molecule has 100 valence electrons. The summed E-state index contributed by atoms with van der Waals surface area (Å²) in [4.78, 5) is 0. The van der Waals surface area contributed by atoms with E-state index in [0.717, 1.165) is 29.7 Å². The fourth-order valence-corrected chi connectivity index (χ4v) is 2.05. The van der Waals surface area contributed by atoms with Gasteiger partial charge in [0.1, 0.15) is 11.6 Å². The number of hydrogen-bond acceptors (Lipinski definition) is 3. The molecule has 1 aromatic carbocycles. The third-order valence-electron chi connectivity index (χ3n) is 2.31. The second-order valence-corrected chi connectivity index (χ2v) is 4.90. The Labute approximate surface area is 110 Å². The van der Waals surface area contributed by atoms with Crippen molar-refractivity contribution in [3.63, 3.8) is 0 Å². The molecule has 0 aromatic heterocycles. The summed E-state index contributed by atoms with van der Waals surface area (Å²) in [7, 11) is 0. The van der Waals surface area contributed by atoms with Crippen molar-refractivity contribution in [2.75, 3.05) is 24.6 Å². The van der Waals surface area contributed by atoms with Gasteiger partial charge in [-0.25, -0.2) is 8.78 Å². The van der Waals surface area contributed by atoms with Gasteiger partial charge in [-0.1, -0.05) is 6.08 Å². The lowest BCUT2D eigenvalue weighted by Gasteiger charge is -2.13. The first kappa shape index (κ1) is 15.1. The van der Waals surface area contributed by atoms with Crippen LogP contribution >= 0.6 is 11.8 Å². The monoisotopic (exact) mass is 273 g/mol. The van der Waals surface area contributed by atoms with E-state index in [9.17, 15) is 13.9 Å². The lowest BCUT2D eigenvalue weighted by Crippen LogP contribution is -2.24. The van der Waals surface area contributed by atoms with Crippen molar-refractivity contribution in [2.24, 2.45) is 0 Å². The highest BCUT2D eigenvalue weighted by atomic mass is 32.2. The van der Waals surface area contributed by atoms with Crippen molar-refractivity contribution in [3.05, 3.63) is 48.1 Å². The Morgan fingerprint density at radius 1 is 1.44 bits per heavy atom. The van der Waals surface area contributed by atoms with Crippen molar-refractivity contribution in [2.45, 2.75) is 6.10 Å². The quantitative estimate of drug-likeness (QED) is 0.564. The van der Waals surface area contributed by atoms with Crippen LogP contribution in [0.5, 0.6) is 0 Å². The van der Waals surface area contributed by atoms with Gasteiger partial charge in [-0.05, 0) is 18.2 Å². The molecule has 1 unspecified atom stereocenters. The second kappa shape index (κ2) is 8.24. The van der Waals surface area contributed by atoms with Gasteiger partial charge in [0.2, 0.25) is 0 Å². The van der Waals surface area contributed by atoms with Crippen molar-refractivity contribution < 1.29 is 13.9 Å². The van der Waals surface area contributed by atoms with Gasteiger partial charge in [-0.15, -0.1) is 6.58 Å². The molecule has 0 bridgehead atoms. The first-order valence-electron chi connectivity index (χ1n) is 5.67. The predicted octanol–water partition coefficient (Wildman–Crippen LogP) is 2.51. The molecule has 18 heavy (non-hydrogen) atoms. The first-order valence-corrected chi connectivity index (χ1v) is 6.83. The molecule has 2 nitrogen and oxygen atoms in total. The van der Waals surface area contributed by atoms with Crippen LogP contribution in [0.1, 0.15) is 11.7 Å². The number of hydrogen-bond donors (Lipinski definition) is 2. The van der Waals surface area contributed by atoms with Gasteiger partial charge in [-0.3, -0.25) is 0 Å². The molecule has 0 spiro atoms. The molecule has 2 N–H and O–H groups in total. The summed E-state index contributed by atoms with van der Waals surface area (Å²) < 4.78 is 26.3. The van der Waals surface area contributed by atoms with E-state index in [1.54, 1.807) is 11.8 Å². The van der Waals surface area contributed by atoms with Crippen LogP contribution in [0.4, 0.5) is 8.78 Å². The molecule has 0 saturated carbocycles. The van der Waals surface area contributed by atoms with Crippen LogP contribution in [-0.2, 0) is 0 Å². The van der Waals surface area contributed by atoms with Gasteiger partial charge in [-0.2, -0.15) is 11.8 Å². The number of aliphatic hydroxyl groups is 1. The molecule has 1 aromatic rings. The zero-order valence-corrected chi connectivity index (χ0v) is 10.9. The van der Waals surface area contributed by atoms with Gasteiger partial charge in [0, 0.05) is 30.2 Å². The minimum atomic E-state index is -1.04. The summed E-state index contributed by atoms with van der Waals surface area (Å²) in [5, 5.41) is 12.7. The lowest BCUT2D eigenvalue weighted by molar-refractivity contribution is 0.170. The number of benzene rings is 1. The Morgan fingerprint density at radius 3 is 2.94 bits per heavy atom. The van der Waals surface area contributed by atoms with E-state index in [0.29, 0.717) is 6.54 Å². The Balaban J connectivity index is 2.33. The number of aliphatic hydroxyl groups excluding tert-OH is 1. The lowest BCUT2D eigenvalue weighted by atomic mass is 10.1. The maximum Gasteiger partial charge on any atom is 0.129 e. The fraction of sp³-hybridized carbons (Fsp3) is 0.385. The average molecular weight is 273 g/mol. The van der Waals surface area contributed by atoms with Crippen molar-refractivity contribution in [1.82, 2.24) is 5.32 Å². The molecule has 0 aliphatic heterocycles. The van der Waals surface area contributed by atoms with Crippen LogP contribution in [0.2, 0.25) is 0 Å². The number of rotatable bonds is 8. The van der Waals surface area contributed by atoms with E-state index in [1.165, 1.54) is 0 Å². The minimum absolute atomic E-state index is 0.0127. The van der Waals surface area contributed by atoms with Gasteiger partial charge in [0.25, 0.3) is 0 Å². The van der Waals surface area contributed by atoms with Crippen LogP contribution in [0.15, 0.2) is 30.9 Å². The highest BCUT2D eigenvalue weighted by Crippen LogP contribution is 2.17. The molecule has 0 fully saturated rings. The van der Waals surface area contributed by atoms with Crippen LogP contribution in [0, 0.1) is 11.6 Å². The molecule has 0 aliphatic rings. The normalized spacial score (nSPS) is 12.4. The molecule has 1 atom stereocenters. The topological polar surface area (TPSA) is 32.3 Å². The van der Waals surface area contributed by atoms with Crippen LogP contribution in [0.25, 0.3) is 0 Å². The fourth-order valence-electron chi connectivity index (χ4n) is 1.43. The summed E-state index contributed by atoms with van der Waals surface area (Å²) in [6.07, 6.45) is 0.784. The van der Waals surface area contributed by atoms with Crippen LogP contribution in [-0.4, -0.2) is 29.7 Å². The van der Waals surface area contributed by atoms with Crippen LogP contribution in [0.3, 0.4) is 0 Å². The van der Waals surface area contributed by atoms with Gasteiger partial charge in [0.15, 0.2) is 0 Å². The largest absolute Gasteiger partial charge is 0.387 e. The Bertz CT molecular complexity index is 387. The summed E-state index contributed by atoms with van der Waals surface area (Å²) in [5.41, 5.74) is -0.0127. The molecule has 0 heterocycles. The van der Waals surface area contributed by atoms with Gasteiger partial charge < -0.3 is 10.4 Å². The first-order chi connectivity index (χ1) is 8.65. The van der Waals surface area contributed by atoms with Crippen molar-refractivity contribution in [1.29, 1.82) is 0 Å². The summed E-state index contributed by atoms with van der Waals surface area (Å²) in [6, 6.07) is 3.08. The van der Waals surface area contributed by atoms with E-state index >= 15 is 0 Å². The van der Waals surface area contributed by atoms with E-state index in [-0.39, 0.29) is 12.1 Å². The molecular formula is C13H17F2NOS. The van der Waals surface area contributed by atoms with E-state index in [1.807, 2.05) is 6.08 Å².